The molecule has 154 valence electrons. The standard InChI is InChI=1S/C22H33N3O3/c1-18(2)16-20(22(27)28-3)23-21(26)17-25-14-12-24(13-15-25)11-7-10-19-8-5-4-6-9-19/h4-10,18,20H,11-17H2,1-3H3,(H,23,26)/b10-7+/t20-/m0/s1. The van der Waals surface area contributed by atoms with E-state index in [2.05, 4.69) is 39.4 Å². The smallest absolute Gasteiger partial charge is 0.328 e. The number of methoxy groups -OCH3 is 1. The SMILES string of the molecule is COC(=O)[C@H](CC(C)C)NC(=O)CN1CCN(C/C=C/c2ccccc2)CC1. The van der Waals surface area contributed by atoms with Crippen molar-refractivity contribution in [3.63, 3.8) is 0 Å². The molecular weight excluding hydrogens is 354 g/mol. The molecule has 0 saturated carbocycles. The van der Waals surface area contributed by atoms with E-state index >= 15 is 0 Å². The van der Waals surface area contributed by atoms with Crippen LogP contribution in [0.5, 0.6) is 0 Å². The van der Waals surface area contributed by atoms with E-state index in [1.807, 2.05) is 32.0 Å². The first kappa shape index (κ1) is 22.1. The first-order chi connectivity index (χ1) is 13.5. The number of hydrogen-bond acceptors (Lipinski definition) is 5. The van der Waals surface area contributed by atoms with E-state index in [0.717, 1.165) is 32.7 Å². The van der Waals surface area contributed by atoms with Crippen molar-refractivity contribution in [2.24, 2.45) is 5.92 Å². The van der Waals surface area contributed by atoms with Gasteiger partial charge in [-0.2, -0.15) is 0 Å². The third kappa shape index (κ3) is 7.82. The lowest BCUT2D eigenvalue weighted by molar-refractivity contribution is -0.145. The lowest BCUT2D eigenvalue weighted by Gasteiger charge is -2.33. The molecule has 1 aliphatic rings. The molecule has 1 aromatic carbocycles. The van der Waals surface area contributed by atoms with Crippen molar-refractivity contribution in [2.75, 3.05) is 46.4 Å². The fraction of sp³-hybridized carbons (Fsp3) is 0.545. The zero-order chi connectivity index (χ0) is 20.4. The molecular formula is C22H33N3O3. The van der Waals surface area contributed by atoms with Gasteiger partial charge < -0.3 is 10.1 Å². The molecule has 0 bridgehead atoms. The molecule has 0 spiro atoms. The first-order valence-electron chi connectivity index (χ1n) is 10.0. The van der Waals surface area contributed by atoms with Crippen molar-refractivity contribution < 1.29 is 14.3 Å². The van der Waals surface area contributed by atoms with Crippen LogP contribution in [0.1, 0.15) is 25.8 Å². The lowest BCUT2D eigenvalue weighted by atomic mass is 10.0. The molecule has 2 rings (SSSR count). The van der Waals surface area contributed by atoms with E-state index in [1.54, 1.807) is 0 Å². The molecule has 0 unspecified atom stereocenters. The van der Waals surface area contributed by atoms with Crippen LogP contribution >= 0.6 is 0 Å². The minimum absolute atomic E-state index is 0.117. The Balaban J connectivity index is 1.71. The summed E-state index contributed by atoms with van der Waals surface area (Å²) in [5, 5.41) is 2.83. The fourth-order valence-electron chi connectivity index (χ4n) is 3.30. The van der Waals surface area contributed by atoms with Gasteiger partial charge in [-0.3, -0.25) is 14.6 Å². The second-order valence-electron chi connectivity index (χ2n) is 7.66. The number of hydrogen-bond donors (Lipinski definition) is 1. The molecule has 0 aliphatic carbocycles. The Bertz CT molecular complexity index is 638. The molecule has 1 saturated heterocycles. The summed E-state index contributed by atoms with van der Waals surface area (Å²) >= 11 is 0. The number of nitrogens with zero attached hydrogens (tertiary/aromatic N) is 2. The third-order valence-corrected chi connectivity index (χ3v) is 4.83. The third-order valence-electron chi connectivity index (χ3n) is 4.83. The fourth-order valence-corrected chi connectivity index (χ4v) is 3.30. The van der Waals surface area contributed by atoms with Gasteiger partial charge in [0.05, 0.1) is 13.7 Å². The maximum atomic E-state index is 12.3. The number of carbonyl (C=O) groups excluding carboxylic acids is 2. The van der Waals surface area contributed by atoms with E-state index in [1.165, 1.54) is 12.7 Å². The summed E-state index contributed by atoms with van der Waals surface area (Å²) in [6.45, 7) is 8.82. The highest BCUT2D eigenvalue weighted by atomic mass is 16.5. The van der Waals surface area contributed by atoms with Gasteiger partial charge in [0.15, 0.2) is 0 Å². The van der Waals surface area contributed by atoms with Gasteiger partial charge in [0.2, 0.25) is 5.91 Å². The van der Waals surface area contributed by atoms with Gasteiger partial charge in [-0.15, -0.1) is 0 Å². The summed E-state index contributed by atoms with van der Waals surface area (Å²) in [6.07, 6.45) is 4.91. The molecule has 1 amide bonds. The van der Waals surface area contributed by atoms with Crippen LogP contribution in [-0.4, -0.2) is 74.1 Å². The number of benzene rings is 1. The predicted octanol–water partition coefficient (Wildman–Crippen LogP) is 2.02. The van der Waals surface area contributed by atoms with Gasteiger partial charge in [-0.05, 0) is 17.9 Å². The average molecular weight is 388 g/mol. The van der Waals surface area contributed by atoms with Crippen LogP contribution in [0.2, 0.25) is 0 Å². The second kappa shape index (κ2) is 11.6. The molecule has 0 aromatic heterocycles. The largest absolute Gasteiger partial charge is 0.467 e. The lowest BCUT2D eigenvalue weighted by Crippen LogP contribution is -2.51. The Morgan fingerprint density at radius 1 is 1.11 bits per heavy atom. The number of esters is 1. The molecule has 1 N–H and O–H groups in total. The van der Waals surface area contributed by atoms with E-state index in [0.29, 0.717) is 18.9 Å². The first-order valence-corrected chi connectivity index (χ1v) is 10.0. The number of rotatable bonds is 9. The van der Waals surface area contributed by atoms with Crippen LogP contribution < -0.4 is 5.32 Å². The van der Waals surface area contributed by atoms with Crippen molar-refractivity contribution >= 4 is 18.0 Å². The number of nitrogens with one attached hydrogen (secondary N) is 1. The second-order valence-corrected chi connectivity index (χ2v) is 7.66. The number of ether oxygens (including phenoxy) is 1. The molecule has 1 aromatic rings. The molecule has 1 aliphatic heterocycles. The topological polar surface area (TPSA) is 61.9 Å². The molecule has 1 fully saturated rings. The quantitative estimate of drug-likeness (QED) is 0.657. The van der Waals surface area contributed by atoms with E-state index < -0.39 is 6.04 Å². The number of amides is 1. The van der Waals surface area contributed by atoms with Crippen LogP contribution in [0.3, 0.4) is 0 Å². The Hall–Kier alpha value is -2.18. The molecule has 28 heavy (non-hydrogen) atoms. The van der Waals surface area contributed by atoms with Gasteiger partial charge in [-0.1, -0.05) is 56.3 Å². The van der Waals surface area contributed by atoms with Gasteiger partial charge in [0.25, 0.3) is 0 Å². The van der Waals surface area contributed by atoms with E-state index in [-0.39, 0.29) is 11.9 Å². The van der Waals surface area contributed by atoms with Crippen molar-refractivity contribution in [3.05, 3.63) is 42.0 Å². The van der Waals surface area contributed by atoms with E-state index in [4.69, 9.17) is 4.74 Å². The highest BCUT2D eigenvalue weighted by Crippen LogP contribution is 2.07. The molecule has 0 radical (unpaired) electrons. The Morgan fingerprint density at radius 3 is 2.36 bits per heavy atom. The zero-order valence-corrected chi connectivity index (χ0v) is 17.3. The zero-order valence-electron chi connectivity index (χ0n) is 17.3. The van der Waals surface area contributed by atoms with Crippen LogP contribution in [-0.2, 0) is 14.3 Å². The van der Waals surface area contributed by atoms with Crippen molar-refractivity contribution in [1.82, 2.24) is 15.1 Å². The van der Waals surface area contributed by atoms with Crippen LogP contribution in [0.15, 0.2) is 36.4 Å². The summed E-state index contributed by atoms with van der Waals surface area (Å²) in [4.78, 5) is 28.7. The minimum Gasteiger partial charge on any atom is -0.467 e. The highest BCUT2D eigenvalue weighted by molar-refractivity contribution is 5.85. The Kier molecular flexibility index (Phi) is 9.17. The van der Waals surface area contributed by atoms with Crippen molar-refractivity contribution in [2.45, 2.75) is 26.3 Å². The monoisotopic (exact) mass is 387 g/mol. The van der Waals surface area contributed by atoms with Crippen molar-refractivity contribution in [3.8, 4) is 0 Å². The van der Waals surface area contributed by atoms with Crippen molar-refractivity contribution in [1.29, 1.82) is 0 Å². The van der Waals surface area contributed by atoms with Crippen LogP contribution in [0, 0.1) is 5.92 Å². The summed E-state index contributed by atoms with van der Waals surface area (Å²) in [5.41, 5.74) is 1.21. The minimum atomic E-state index is -0.568. The predicted molar refractivity (Wildman–Crippen MR) is 112 cm³/mol. The maximum Gasteiger partial charge on any atom is 0.328 e. The summed E-state index contributed by atoms with van der Waals surface area (Å²) in [5.74, 6) is -0.192. The normalized spacial score (nSPS) is 17.0. The maximum absolute atomic E-state index is 12.3. The van der Waals surface area contributed by atoms with E-state index in [9.17, 15) is 9.59 Å². The summed E-state index contributed by atoms with van der Waals surface area (Å²) < 4.78 is 4.81. The number of carbonyl (C=O) groups is 2. The Labute approximate surface area is 168 Å². The molecule has 1 atom stereocenters. The van der Waals surface area contributed by atoms with Gasteiger partial charge >= 0.3 is 5.97 Å². The van der Waals surface area contributed by atoms with Gasteiger partial charge in [-0.25, -0.2) is 4.79 Å². The van der Waals surface area contributed by atoms with Crippen LogP contribution in [0.4, 0.5) is 0 Å². The molecule has 6 nitrogen and oxygen atoms in total. The average Bonchev–Trinajstić information content (AvgIpc) is 2.68. The number of piperazine rings is 1. The van der Waals surface area contributed by atoms with Gasteiger partial charge in [0, 0.05) is 32.7 Å². The molecule has 1 heterocycles. The molecule has 6 heteroatoms. The highest BCUT2D eigenvalue weighted by Gasteiger charge is 2.24. The Morgan fingerprint density at radius 2 is 1.75 bits per heavy atom. The van der Waals surface area contributed by atoms with Crippen LogP contribution in [0.25, 0.3) is 6.08 Å². The summed E-state index contributed by atoms with van der Waals surface area (Å²) in [6, 6.07) is 9.71. The van der Waals surface area contributed by atoms with Gasteiger partial charge in [0.1, 0.15) is 6.04 Å². The summed E-state index contributed by atoms with van der Waals surface area (Å²) in [7, 11) is 1.35.